The van der Waals surface area contributed by atoms with Gasteiger partial charge in [-0.15, -0.1) is 0 Å². The lowest BCUT2D eigenvalue weighted by Crippen LogP contribution is -2.60. The van der Waals surface area contributed by atoms with Gasteiger partial charge in [-0.1, -0.05) is 63.6 Å². The minimum Gasteiger partial charge on any atom is -0.465 e. The van der Waals surface area contributed by atoms with Gasteiger partial charge >= 0.3 is 5.97 Å². The number of carbonyl (C=O) groups excluding carboxylic acids is 3. The standard InChI is InChI=1S/C33H44N2O6/c1-6-22(4)25(20-36)35-28-30(38)34(24-19-21(3)13-14-23(24)5)17-12-16-33(28)26(29(35)37)27-31(39)40-18-11-9-8-10-15-32(27,7-2)41-33/h10,12-16,19,22,25-28,36H,6-9,11,17-18,20H2,1-5H3/b15-10-/t22-,25-,26-,27-,28?,32+,33-/m0/s1. The number of anilines is 1. The van der Waals surface area contributed by atoms with Gasteiger partial charge in [0.1, 0.15) is 23.2 Å². The van der Waals surface area contributed by atoms with Gasteiger partial charge in [-0.3, -0.25) is 14.4 Å². The van der Waals surface area contributed by atoms with Crippen LogP contribution in [0, 0.1) is 31.6 Å². The Hall–Kier alpha value is -2.97. The molecule has 2 amide bonds. The summed E-state index contributed by atoms with van der Waals surface area (Å²) in [6, 6.07) is 4.33. The quantitative estimate of drug-likeness (QED) is 0.410. The van der Waals surface area contributed by atoms with Crippen molar-refractivity contribution >= 4 is 23.5 Å². The van der Waals surface area contributed by atoms with E-state index < -0.39 is 41.1 Å². The number of nitrogens with zero attached hydrogens (tertiary/aromatic N) is 2. The number of aliphatic hydroxyl groups excluding tert-OH is 1. The number of rotatable bonds is 6. The largest absolute Gasteiger partial charge is 0.465 e. The maximum Gasteiger partial charge on any atom is 0.313 e. The molecule has 5 rings (SSSR count). The zero-order valence-corrected chi connectivity index (χ0v) is 25.0. The molecule has 1 unspecified atom stereocenters. The minimum absolute atomic E-state index is 0.0826. The van der Waals surface area contributed by atoms with E-state index in [-0.39, 0.29) is 30.9 Å². The molecule has 0 radical (unpaired) electrons. The van der Waals surface area contributed by atoms with Gasteiger partial charge in [-0.25, -0.2) is 0 Å². The molecule has 1 aromatic rings. The number of fused-ring (bicyclic) bond motifs is 2. The number of ether oxygens (including phenoxy) is 2. The molecule has 4 aliphatic heterocycles. The number of amides is 2. The summed E-state index contributed by atoms with van der Waals surface area (Å²) in [4.78, 5) is 46.7. The molecule has 41 heavy (non-hydrogen) atoms. The summed E-state index contributed by atoms with van der Waals surface area (Å²) < 4.78 is 12.8. The number of cyclic esters (lactones) is 1. The molecule has 8 nitrogen and oxygen atoms in total. The SMILES string of the molecule is CC[C@H](C)[C@H](CO)N1C(=O)[C@@H]2[C@H]3C(=O)OCCCC/C=C\[C@@]3(CC)O[C@@]23C=CCN(c2cc(C)ccc2C)C(=O)C13. The molecule has 8 heteroatoms. The van der Waals surface area contributed by atoms with Crippen LogP contribution < -0.4 is 4.90 Å². The van der Waals surface area contributed by atoms with Crippen LogP contribution in [0.1, 0.15) is 64.0 Å². The Morgan fingerprint density at radius 3 is 2.54 bits per heavy atom. The first-order valence-corrected chi connectivity index (χ1v) is 15.2. The van der Waals surface area contributed by atoms with Crippen LogP contribution >= 0.6 is 0 Å². The molecule has 1 N–H and O–H groups in total. The highest BCUT2D eigenvalue weighted by atomic mass is 16.6. The zero-order valence-electron chi connectivity index (χ0n) is 25.0. The Kier molecular flexibility index (Phi) is 8.18. The molecular formula is C33H44N2O6. The molecule has 0 aromatic heterocycles. The highest BCUT2D eigenvalue weighted by Crippen LogP contribution is 2.59. The van der Waals surface area contributed by atoms with Crippen molar-refractivity contribution in [1.29, 1.82) is 0 Å². The summed E-state index contributed by atoms with van der Waals surface area (Å²) in [7, 11) is 0. The van der Waals surface area contributed by atoms with E-state index in [2.05, 4.69) is 0 Å². The Balaban J connectivity index is 1.72. The summed E-state index contributed by atoms with van der Waals surface area (Å²) in [6.07, 6.45) is 11.3. The Labute approximate surface area is 243 Å². The van der Waals surface area contributed by atoms with Crippen LogP contribution in [0.25, 0.3) is 0 Å². The van der Waals surface area contributed by atoms with Gasteiger partial charge in [0, 0.05) is 12.2 Å². The third-order valence-electron chi connectivity index (χ3n) is 9.82. The van der Waals surface area contributed by atoms with Crippen molar-refractivity contribution in [2.45, 2.75) is 90.0 Å². The van der Waals surface area contributed by atoms with Crippen molar-refractivity contribution in [1.82, 2.24) is 4.90 Å². The number of allylic oxidation sites excluding steroid dienone is 1. The van der Waals surface area contributed by atoms with E-state index in [9.17, 15) is 19.5 Å². The smallest absolute Gasteiger partial charge is 0.313 e. The van der Waals surface area contributed by atoms with Gasteiger partial charge in [-0.05, 0) is 62.6 Å². The number of esters is 1. The lowest BCUT2D eigenvalue weighted by Gasteiger charge is -2.42. The number of hydrogen-bond acceptors (Lipinski definition) is 6. The maximum absolute atomic E-state index is 14.8. The molecule has 4 heterocycles. The predicted molar refractivity (Wildman–Crippen MR) is 156 cm³/mol. The molecule has 7 atom stereocenters. The fraction of sp³-hybridized carbons (Fsp3) is 0.606. The summed E-state index contributed by atoms with van der Waals surface area (Å²) in [5, 5.41) is 10.6. The normalized spacial score (nSPS) is 33.9. The molecule has 1 spiro atoms. The number of carbonyl (C=O) groups is 3. The summed E-state index contributed by atoms with van der Waals surface area (Å²) in [6.45, 7) is 10.2. The third kappa shape index (κ3) is 4.63. The van der Waals surface area contributed by atoms with Crippen molar-refractivity contribution < 1.29 is 29.0 Å². The first kappa shape index (κ1) is 29.5. The molecule has 1 aromatic carbocycles. The number of aryl methyl sites for hydroxylation is 2. The predicted octanol–water partition coefficient (Wildman–Crippen LogP) is 4.26. The molecule has 0 saturated carbocycles. The van der Waals surface area contributed by atoms with Crippen LogP contribution in [0.5, 0.6) is 0 Å². The second kappa shape index (κ2) is 11.4. The average molecular weight is 565 g/mol. The summed E-state index contributed by atoms with van der Waals surface area (Å²) in [5.41, 5.74) is 0.257. The minimum atomic E-state index is -1.39. The van der Waals surface area contributed by atoms with Crippen molar-refractivity contribution in [2.75, 3.05) is 24.7 Å². The van der Waals surface area contributed by atoms with E-state index in [0.29, 0.717) is 19.4 Å². The molecule has 222 valence electrons. The topological polar surface area (TPSA) is 96.4 Å². The Morgan fingerprint density at radius 2 is 1.83 bits per heavy atom. The highest BCUT2D eigenvalue weighted by Gasteiger charge is 2.76. The van der Waals surface area contributed by atoms with Gasteiger partial charge in [0.05, 0.1) is 25.2 Å². The van der Waals surface area contributed by atoms with Gasteiger partial charge in [0.15, 0.2) is 0 Å². The van der Waals surface area contributed by atoms with E-state index in [4.69, 9.17) is 9.47 Å². The molecule has 2 fully saturated rings. The molecule has 0 bridgehead atoms. The van der Waals surface area contributed by atoms with Crippen molar-refractivity contribution in [3.63, 3.8) is 0 Å². The number of benzene rings is 1. The monoisotopic (exact) mass is 564 g/mol. The lowest BCUT2D eigenvalue weighted by atomic mass is 9.73. The fourth-order valence-electron chi connectivity index (χ4n) is 7.38. The molecular weight excluding hydrogens is 520 g/mol. The van der Waals surface area contributed by atoms with Gasteiger partial charge in [0.25, 0.3) is 5.91 Å². The summed E-state index contributed by atoms with van der Waals surface area (Å²) >= 11 is 0. The first-order valence-electron chi connectivity index (χ1n) is 15.2. The zero-order chi connectivity index (χ0) is 29.5. The number of likely N-dealkylation sites (tertiary alicyclic amines) is 1. The third-order valence-corrected chi connectivity index (χ3v) is 9.82. The highest BCUT2D eigenvalue weighted by molar-refractivity contribution is 6.06. The molecule has 2 saturated heterocycles. The van der Waals surface area contributed by atoms with Crippen LogP contribution in [-0.2, 0) is 23.9 Å². The second-order valence-corrected chi connectivity index (χ2v) is 12.2. The number of aliphatic hydroxyl groups is 1. The Morgan fingerprint density at radius 1 is 1.05 bits per heavy atom. The van der Waals surface area contributed by atoms with E-state index in [0.717, 1.165) is 36.1 Å². The van der Waals surface area contributed by atoms with Crippen LogP contribution in [0.4, 0.5) is 5.69 Å². The van der Waals surface area contributed by atoms with Crippen LogP contribution in [0.15, 0.2) is 42.5 Å². The maximum atomic E-state index is 14.8. The number of hydrogen-bond donors (Lipinski definition) is 1. The van der Waals surface area contributed by atoms with E-state index >= 15 is 0 Å². The van der Waals surface area contributed by atoms with E-state index in [1.165, 1.54) is 0 Å². The average Bonchev–Trinajstić information content (AvgIpc) is 3.32. The van der Waals surface area contributed by atoms with E-state index in [1.54, 1.807) is 9.80 Å². The Bertz CT molecular complexity index is 1260. The lowest BCUT2D eigenvalue weighted by molar-refractivity contribution is -0.162. The summed E-state index contributed by atoms with van der Waals surface area (Å²) in [5.74, 6) is -3.02. The van der Waals surface area contributed by atoms with Gasteiger partial charge < -0.3 is 24.4 Å². The van der Waals surface area contributed by atoms with Crippen molar-refractivity contribution in [3.05, 3.63) is 53.6 Å². The van der Waals surface area contributed by atoms with Gasteiger partial charge in [0.2, 0.25) is 5.91 Å². The molecule has 0 aliphatic carbocycles. The van der Waals surface area contributed by atoms with Crippen molar-refractivity contribution in [3.8, 4) is 0 Å². The van der Waals surface area contributed by atoms with E-state index in [1.807, 2.05) is 77.1 Å². The van der Waals surface area contributed by atoms with Crippen molar-refractivity contribution in [2.24, 2.45) is 17.8 Å². The van der Waals surface area contributed by atoms with Crippen LogP contribution in [0.3, 0.4) is 0 Å². The van der Waals surface area contributed by atoms with Gasteiger partial charge in [-0.2, -0.15) is 0 Å². The fourth-order valence-corrected chi connectivity index (χ4v) is 7.38. The second-order valence-electron chi connectivity index (χ2n) is 12.2. The van der Waals surface area contributed by atoms with Crippen LogP contribution in [0.2, 0.25) is 0 Å². The molecule has 4 aliphatic rings. The first-order chi connectivity index (χ1) is 19.7. The van der Waals surface area contributed by atoms with Crippen LogP contribution in [-0.4, -0.2) is 70.8 Å².